The molecule has 2 aromatic rings. The van der Waals surface area contributed by atoms with Crippen molar-refractivity contribution >= 4 is 23.2 Å². The zero-order chi connectivity index (χ0) is 14.8. The summed E-state index contributed by atoms with van der Waals surface area (Å²) >= 11 is 5.88. The van der Waals surface area contributed by atoms with E-state index in [9.17, 15) is 4.79 Å². The van der Waals surface area contributed by atoms with Crippen LogP contribution in [0, 0.1) is 0 Å². The van der Waals surface area contributed by atoms with Gasteiger partial charge in [0.15, 0.2) is 0 Å². The van der Waals surface area contributed by atoms with Crippen molar-refractivity contribution in [1.29, 1.82) is 0 Å². The molecule has 1 heterocycles. The highest BCUT2D eigenvalue weighted by atomic mass is 35.5. The maximum Gasteiger partial charge on any atom is 0.251 e. The minimum Gasteiger partial charge on any atom is -0.398 e. The van der Waals surface area contributed by atoms with E-state index in [1.165, 1.54) is 0 Å². The van der Waals surface area contributed by atoms with Crippen LogP contribution < -0.4 is 11.1 Å². The average Bonchev–Trinajstić information content (AvgIpc) is 3.12. The topological polar surface area (TPSA) is 72.9 Å². The van der Waals surface area contributed by atoms with Crippen LogP contribution in [-0.2, 0) is 0 Å². The van der Waals surface area contributed by atoms with E-state index in [4.69, 9.17) is 17.3 Å². The first-order valence-corrected chi connectivity index (χ1v) is 7.36. The molecule has 0 radical (unpaired) electrons. The first-order chi connectivity index (χ1) is 10.1. The Morgan fingerprint density at radius 2 is 2.29 bits per heavy atom. The van der Waals surface area contributed by atoms with Crippen molar-refractivity contribution in [1.82, 2.24) is 14.9 Å². The summed E-state index contributed by atoms with van der Waals surface area (Å²) in [7, 11) is 0. The smallest absolute Gasteiger partial charge is 0.251 e. The molecule has 5 nitrogen and oxygen atoms in total. The van der Waals surface area contributed by atoms with Gasteiger partial charge in [-0.1, -0.05) is 11.6 Å². The lowest BCUT2D eigenvalue weighted by molar-refractivity contribution is 0.0929. The summed E-state index contributed by atoms with van der Waals surface area (Å²) < 4.78 is 2.06. The molecule has 110 valence electrons. The summed E-state index contributed by atoms with van der Waals surface area (Å²) in [5.41, 5.74) is 6.70. The highest BCUT2D eigenvalue weighted by molar-refractivity contribution is 6.33. The number of hydrogen-bond donors (Lipinski definition) is 2. The Morgan fingerprint density at radius 1 is 1.43 bits per heavy atom. The van der Waals surface area contributed by atoms with Crippen LogP contribution in [-0.4, -0.2) is 21.5 Å². The third-order valence-electron chi connectivity index (χ3n) is 3.96. The van der Waals surface area contributed by atoms with Gasteiger partial charge in [0.25, 0.3) is 5.91 Å². The number of anilines is 1. The molecule has 0 spiro atoms. The van der Waals surface area contributed by atoms with Crippen LogP contribution in [0.3, 0.4) is 0 Å². The standard InChI is InChI=1S/C15H17ClN4O/c16-11-5-4-10(8-12(11)17)15(21)19-13-2-1-3-14(13)20-7-6-18-9-20/h4-9,13-14H,1-3,17H2,(H,19,21). The van der Waals surface area contributed by atoms with Gasteiger partial charge in [-0.05, 0) is 37.5 Å². The minimum absolute atomic E-state index is 0.114. The van der Waals surface area contributed by atoms with Gasteiger partial charge >= 0.3 is 0 Å². The Kier molecular flexibility index (Phi) is 3.84. The van der Waals surface area contributed by atoms with Gasteiger partial charge in [-0.15, -0.1) is 0 Å². The average molecular weight is 305 g/mol. The second-order valence-electron chi connectivity index (χ2n) is 5.32. The highest BCUT2D eigenvalue weighted by Crippen LogP contribution is 2.30. The maximum atomic E-state index is 12.3. The van der Waals surface area contributed by atoms with Gasteiger partial charge < -0.3 is 15.6 Å². The van der Waals surface area contributed by atoms with Crippen LogP contribution in [0.15, 0.2) is 36.9 Å². The largest absolute Gasteiger partial charge is 0.398 e. The van der Waals surface area contributed by atoms with Crippen molar-refractivity contribution < 1.29 is 4.79 Å². The van der Waals surface area contributed by atoms with E-state index in [1.54, 1.807) is 30.7 Å². The second-order valence-corrected chi connectivity index (χ2v) is 5.73. The number of nitrogens with one attached hydrogen (secondary N) is 1. The van der Waals surface area contributed by atoms with E-state index in [1.807, 2.05) is 6.20 Å². The first-order valence-electron chi connectivity index (χ1n) is 6.98. The van der Waals surface area contributed by atoms with E-state index < -0.39 is 0 Å². The van der Waals surface area contributed by atoms with Crippen molar-refractivity contribution in [3.8, 4) is 0 Å². The number of rotatable bonds is 3. The van der Waals surface area contributed by atoms with Gasteiger partial charge in [0.05, 0.1) is 23.1 Å². The van der Waals surface area contributed by atoms with E-state index in [-0.39, 0.29) is 18.0 Å². The molecule has 1 fully saturated rings. The molecular weight excluding hydrogens is 288 g/mol. The van der Waals surface area contributed by atoms with E-state index in [2.05, 4.69) is 14.9 Å². The normalized spacial score (nSPS) is 21.4. The van der Waals surface area contributed by atoms with E-state index in [0.29, 0.717) is 16.3 Å². The number of aromatic nitrogens is 2. The van der Waals surface area contributed by atoms with Gasteiger partial charge in [0.1, 0.15) is 0 Å². The Balaban J connectivity index is 1.73. The number of carbonyl (C=O) groups excluding carboxylic acids is 1. The third kappa shape index (κ3) is 2.88. The molecule has 2 atom stereocenters. The summed E-state index contributed by atoms with van der Waals surface area (Å²) in [4.78, 5) is 16.4. The van der Waals surface area contributed by atoms with Crippen LogP contribution in [0.2, 0.25) is 5.02 Å². The molecule has 21 heavy (non-hydrogen) atoms. The molecule has 0 bridgehead atoms. The molecule has 1 aliphatic rings. The number of benzene rings is 1. The minimum atomic E-state index is -0.115. The summed E-state index contributed by atoms with van der Waals surface area (Å²) in [6.07, 6.45) is 8.61. The van der Waals surface area contributed by atoms with Crippen molar-refractivity contribution in [2.45, 2.75) is 31.3 Å². The fraction of sp³-hybridized carbons (Fsp3) is 0.333. The molecule has 1 aliphatic carbocycles. The van der Waals surface area contributed by atoms with Crippen molar-refractivity contribution in [3.63, 3.8) is 0 Å². The van der Waals surface area contributed by atoms with Crippen molar-refractivity contribution in [3.05, 3.63) is 47.5 Å². The summed E-state index contributed by atoms with van der Waals surface area (Å²) in [6.45, 7) is 0. The molecule has 6 heteroatoms. The number of nitrogen functional groups attached to an aromatic ring is 1. The quantitative estimate of drug-likeness (QED) is 0.856. The van der Waals surface area contributed by atoms with Gasteiger partial charge in [-0.3, -0.25) is 4.79 Å². The number of carbonyl (C=O) groups is 1. The lowest BCUT2D eigenvalue weighted by atomic mass is 10.1. The molecule has 3 N–H and O–H groups in total. The predicted octanol–water partition coefficient (Wildman–Crippen LogP) is 2.64. The Hall–Kier alpha value is -2.01. The van der Waals surface area contributed by atoms with Gasteiger partial charge in [0.2, 0.25) is 0 Å². The van der Waals surface area contributed by atoms with Crippen LogP contribution in [0.25, 0.3) is 0 Å². The van der Waals surface area contributed by atoms with Crippen LogP contribution >= 0.6 is 11.6 Å². The second kappa shape index (κ2) is 5.77. The van der Waals surface area contributed by atoms with Crippen LogP contribution in [0.1, 0.15) is 35.7 Å². The van der Waals surface area contributed by atoms with Crippen molar-refractivity contribution in [2.75, 3.05) is 5.73 Å². The first kappa shape index (κ1) is 13.9. The molecule has 3 rings (SSSR count). The number of amides is 1. The lowest BCUT2D eigenvalue weighted by Gasteiger charge is -2.22. The lowest BCUT2D eigenvalue weighted by Crippen LogP contribution is -2.38. The maximum absolute atomic E-state index is 12.3. The molecule has 0 aliphatic heterocycles. The zero-order valence-corrected chi connectivity index (χ0v) is 12.3. The SMILES string of the molecule is Nc1cc(C(=O)NC2CCCC2n2ccnc2)ccc1Cl. The molecule has 2 unspecified atom stereocenters. The Labute approximate surface area is 128 Å². The number of nitrogens with zero attached hydrogens (tertiary/aromatic N) is 2. The highest BCUT2D eigenvalue weighted by Gasteiger charge is 2.29. The van der Waals surface area contributed by atoms with Gasteiger partial charge in [0, 0.05) is 24.0 Å². The Morgan fingerprint density at radius 3 is 3.00 bits per heavy atom. The Bertz CT molecular complexity index is 641. The van der Waals surface area contributed by atoms with Gasteiger partial charge in [-0.2, -0.15) is 0 Å². The number of imidazole rings is 1. The fourth-order valence-corrected chi connectivity index (χ4v) is 2.99. The summed E-state index contributed by atoms with van der Waals surface area (Å²) in [6, 6.07) is 5.33. The molecule has 1 aromatic carbocycles. The number of nitrogens with two attached hydrogens (primary N) is 1. The molecule has 1 aromatic heterocycles. The monoisotopic (exact) mass is 304 g/mol. The van der Waals surface area contributed by atoms with E-state index in [0.717, 1.165) is 19.3 Å². The molecular formula is C15H17ClN4O. The third-order valence-corrected chi connectivity index (χ3v) is 4.31. The van der Waals surface area contributed by atoms with E-state index >= 15 is 0 Å². The van der Waals surface area contributed by atoms with Gasteiger partial charge in [-0.25, -0.2) is 4.98 Å². The zero-order valence-electron chi connectivity index (χ0n) is 11.5. The summed E-state index contributed by atoms with van der Waals surface area (Å²) in [5, 5.41) is 3.56. The molecule has 0 saturated heterocycles. The van der Waals surface area contributed by atoms with Crippen LogP contribution in [0.4, 0.5) is 5.69 Å². The van der Waals surface area contributed by atoms with Crippen molar-refractivity contribution in [2.24, 2.45) is 0 Å². The molecule has 1 amide bonds. The predicted molar refractivity (Wildman–Crippen MR) is 82.2 cm³/mol. The number of halogens is 1. The number of hydrogen-bond acceptors (Lipinski definition) is 3. The molecule has 1 saturated carbocycles. The van der Waals surface area contributed by atoms with Crippen LogP contribution in [0.5, 0.6) is 0 Å². The summed E-state index contributed by atoms with van der Waals surface area (Å²) in [5.74, 6) is -0.115. The fourth-order valence-electron chi connectivity index (χ4n) is 2.87.